The van der Waals surface area contributed by atoms with Crippen LogP contribution in [-0.4, -0.2) is 14.5 Å². The second-order valence-corrected chi connectivity index (χ2v) is 12.6. The number of benzene rings is 7. The van der Waals surface area contributed by atoms with Gasteiger partial charge in [0.05, 0.1) is 16.6 Å². The number of aromatic nitrogens is 3. The van der Waals surface area contributed by atoms with Crippen molar-refractivity contribution in [3.05, 3.63) is 176 Å². The van der Waals surface area contributed by atoms with Crippen LogP contribution in [0.1, 0.15) is 0 Å². The van der Waals surface area contributed by atoms with Gasteiger partial charge in [-0.2, -0.15) is 0 Å². The van der Waals surface area contributed by atoms with Crippen molar-refractivity contribution in [1.29, 1.82) is 0 Å². The minimum atomic E-state index is 0.687. The molecule has 234 valence electrons. The van der Waals surface area contributed by atoms with E-state index in [-0.39, 0.29) is 0 Å². The van der Waals surface area contributed by atoms with Gasteiger partial charge in [0.25, 0.3) is 0 Å². The van der Waals surface area contributed by atoms with Crippen molar-refractivity contribution in [2.75, 3.05) is 0 Å². The number of hydrogen-bond acceptors (Lipinski definition) is 3. The molecule has 0 aliphatic heterocycles. The largest absolute Gasteiger partial charge is 0.455 e. The monoisotopic (exact) mass is 639 g/mol. The molecule has 7 aromatic carbocycles. The number of hydrogen-bond donors (Lipinski definition) is 0. The number of furan rings is 1. The zero-order chi connectivity index (χ0) is 33.0. The van der Waals surface area contributed by atoms with Crippen LogP contribution in [0, 0.1) is 0 Å². The van der Waals surface area contributed by atoms with Crippen LogP contribution in [0.4, 0.5) is 0 Å². The van der Waals surface area contributed by atoms with E-state index in [0.29, 0.717) is 5.82 Å². The highest BCUT2D eigenvalue weighted by Crippen LogP contribution is 2.41. The number of fused-ring (bicyclic) bond motifs is 6. The maximum atomic E-state index is 6.39. The van der Waals surface area contributed by atoms with Crippen LogP contribution in [0.3, 0.4) is 0 Å². The van der Waals surface area contributed by atoms with Gasteiger partial charge in [-0.3, -0.25) is 4.57 Å². The Bertz CT molecular complexity index is 2840. The molecular weight excluding hydrogens is 611 g/mol. The molecule has 0 amide bonds. The molecule has 4 nitrogen and oxygen atoms in total. The van der Waals surface area contributed by atoms with Crippen LogP contribution in [0.2, 0.25) is 0 Å². The van der Waals surface area contributed by atoms with E-state index < -0.39 is 0 Å². The number of nitrogens with zero attached hydrogens (tertiary/aromatic N) is 3. The van der Waals surface area contributed by atoms with Crippen molar-refractivity contribution in [3.63, 3.8) is 0 Å². The molecule has 0 saturated heterocycles. The molecule has 0 saturated carbocycles. The van der Waals surface area contributed by atoms with Gasteiger partial charge >= 0.3 is 0 Å². The Balaban J connectivity index is 1.24. The van der Waals surface area contributed by atoms with Crippen molar-refractivity contribution in [3.8, 4) is 50.6 Å². The molecule has 0 radical (unpaired) electrons. The second-order valence-electron chi connectivity index (χ2n) is 12.6. The minimum absolute atomic E-state index is 0.687. The third kappa shape index (κ3) is 4.54. The lowest BCUT2D eigenvalue weighted by Crippen LogP contribution is -1.99. The summed E-state index contributed by atoms with van der Waals surface area (Å²) in [5.41, 5.74) is 12.2. The molecule has 0 unspecified atom stereocenters. The third-order valence-corrected chi connectivity index (χ3v) is 9.64. The van der Waals surface area contributed by atoms with Crippen LogP contribution in [0.5, 0.6) is 0 Å². The van der Waals surface area contributed by atoms with Crippen molar-refractivity contribution in [2.45, 2.75) is 0 Å². The molecule has 10 aromatic rings. The summed E-state index contributed by atoms with van der Waals surface area (Å²) in [7, 11) is 0. The van der Waals surface area contributed by atoms with E-state index in [9.17, 15) is 0 Å². The van der Waals surface area contributed by atoms with Crippen molar-refractivity contribution < 1.29 is 4.42 Å². The lowest BCUT2D eigenvalue weighted by atomic mass is 9.98. The Morgan fingerprint density at radius 2 is 1.08 bits per heavy atom. The molecule has 0 fully saturated rings. The predicted molar refractivity (Wildman–Crippen MR) is 205 cm³/mol. The van der Waals surface area contributed by atoms with Gasteiger partial charge in [0.15, 0.2) is 5.82 Å². The van der Waals surface area contributed by atoms with Gasteiger partial charge in [-0.15, -0.1) is 0 Å². The van der Waals surface area contributed by atoms with Gasteiger partial charge in [0.2, 0.25) is 0 Å². The fourth-order valence-electron chi connectivity index (χ4n) is 7.26. The smallest absolute Gasteiger partial charge is 0.162 e. The van der Waals surface area contributed by atoms with Crippen molar-refractivity contribution in [2.24, 2.45) is 0 Å². The fourth-order valence-corrected chi connectivity index (χ4v) is 7.26. The summed E-state index contributed by atoms with van der Waals surface area (Å²) in [5, 5.41) is 4.38. The number of rotatable bonds is 5. The Kier molecular flexibility index (Phi) is 6.46. The maximum Gasteiger partial charge on any atom is 0.162 e. The summed E-state index contributed by atoms with van der Waals surface area (Å²) in [5.74, 6) is 0.687. The van der Waals surface area contributed by atoms with E-state index in [4.69, 9.17) is 14.4 Å². The number of para-hydroxylation sites is 3. The highest BCUT2D eigenvalue weighted by molar-refractivity contribution is 6.15. The Morgan fingerprint density at radius 1 is 0.440 bits per heavy atom. The van der Waals surface area contributed by atoms with E-state index >= 15 is 0 Å². The molecular formula is C46H29N3O. The van der Waals surface area contributed by atoms with E-state index in [1.54, 1.807) is 0 Å². The van der Waals surface area contributed by atoms with Crippen LogP contribution in [0.25, 0.3) is 94.5 Å². The quantitative estimate of drug-likeness (QED) is 0.188. The Labute approximate surface area is 288 Å². The van der Waals surface area contributed by atoms with Gasteiger partial charge in [-0.1, -0.05) is 146 Å². The molecule has 0 atom stereocenters. The summed E-state index contributed by atoms with van der Waals surface area (Å²) >= 11 is 0. The van der Waals surface area contributed by atoms with E-state index in [1.165, 1.54) is 5.56 Å². The van der Waals surface area contributed by atoms with Crippen LogP contribution >= 0.6 is 0 Å². The molecule has 0 aliphatic carbocycles. The van der Waals surface area contributed by atoms with Crippen molar-refractivity contribution >= 4 is 43.9 Å². The first kappa shape index (κ1) is 28.3. The van der Waals surface area contributed by atoms with Gasteiger partial charge in [-0.25, -0.2) is 9.97 Å². The highest BCUT2D eigenvalue weighted by atomic mass is 16.3. The standard InChI is InChI=1S/C46H29N3O/c1-4-13-30(14-5-1)34-27-28-40-39(29-34)42-43(47-45(33-15-6-2-7-16-33)48-46(42)49(40)35-17-8-3-9-18-35)32-25-23-31(24-26-32)36-20-12-21-38-37-19-10-11-22-41(37)50-44(36)38/h1-29H. The van der Waals surface area contributed by atoms with Gasteiger partial charge in [0.1, 0.15) is 16.8 Å². The maximum absolute atomic E-state index is 6.39. The molecule has 0 bridgehead atoms. The first-order valence-electron chi connectivity index (χ1n) is 16.8. The lowest BCUT2D eigenvalue weighted by Gasteiger charge is -2.11. The molecule has 10 rings (SSSR count). The SMILES string of the molecule is c1ccc(-c2ccc3c(c2)c2c(-c4ccc(-c5cccc6c5oc5ccccc56)cc4)nc(-c4ccccc4)nc2n3-c2ccccc2)cc1. The van der Waals surface area contributed by atoms with Gasteiger partial charge in [0, 0.05) is 38.5 Å². The van der Waals surface area contributed by atoms with E-state index in [1.807, 2.05) is 36.4 Å². The summed E-state index contributed by atoms with van der Waals surface area (Å²) < 4.78 is 8.66. The minimum Gasteiger partial charge on any atom is -0.455 e. The Morgan fingerprint density at radius 3 is 1.86 bits per heavy atom. The summed E-state index contributed by atoms with van der Waals surface area (Å²) in [4.78, 5) is 10.6. The Hall–Kier alpha value is -6.78. The normalized spacial score (nSPS) is 11.6. The van der Waals surface area contributed by atoms with E-state index in [0.717, 1.165) is 83.1 Å². The summed E-state index contributed by atoms with van der Waals surface area (Å²) in [6, 6.07) is 61.3. The van der Waals surface area contributed by atoms with Gasteiger partial charge < -0.3 is 4.42 Å². The molecule has 0 aliphatic rings. The first-order chi connectivity index (χ1) is 24.8. The van der Waals surface area contributed by atoms with Gasteiger partial charge in [-0.05, 0) is 47.0 Å². The first-order valence-corrected chi connectivity index (χ1v) is 16.8. The predicted octanol–water partition coefficient (Wildman–Crippen LogP) is 12.1. The lowest BCUT2D eigenvalue weighted by molar-refractivity contribution is 0.670. The van der Waals surface area contributed by atoms with Crippen LogP contribution in [-0.2, 0) is 0 Å². The highest BCUT2D eigenvalue weighted by Gasteiger charge is 2.22. The zero-order valence-electron chi connectivity index (χ0n) is 27.0. The molecule has 4 heteroatoms. The zero-order valence-corrected chi connectivity index (χ0v) is 27.0. The summed E-state index contributed by atoms with van der Waals surface area (Å²) in [6.45, 7) is 0. The third-order valence-electron chi connectivity index (χ3n) is 9.64. The molecule has 3 aromatic heterocycles. The van der Waals surface area contributed by atoms with E-state index in [2.05, 4.69) is 144 Å². The average Bonchev–Trinajstić information content (AvgIpc) is 3.74. The molecule has 50 heavy (non-hydrogen) atoms. The topological polar surface area (TPSA) is 43.9 Å². The molecule has 3 heterocycles. The molecule has 0 spiro atoms. The summed E-state index contributed by atoms with van der Waals surface area (Å²) in [6.07, 6.45) is 0. The van der Waals surface area contributed by atoms with Crippen LogP contribution in [0.15, 0.2) is 180 Å². The van der Waals surface area contributed by atoms with Crippen LogP contribution < -0.4 is 0 Å². The average molecular weight is 640 g/mol. The fraction of sp³-hybridized carbons (Fsp3) is 0. The second kappa shape index (κ2) is 11.4. The van der Waals surface area contributed by atoms with Crippen molar-refractivity contribution in [1.82, 2.24) is 14.5 Å². The molecule has 0 N–H and O–H groups in total.